The van der Waals surface area contributed by atoms with E-state index in [0.29, 0.717) is 12.6 Å². The predicted octanol–water partition coefficient (Wildman–Crippen LogP) is 2.43. The van der Waals surface area contributed by atoms with Crippen LogP contribution in [-0.4, -0.2) is 44.5 Å². The molecule has 1 fully saturated rings. The lowest BCUT2D eigenvalue weighted by atomic mass is 10.0. The van der Waals surface area contributed by atoms with Crippen LogP contribution in [0.25, 0.3) is 0 Å². The van der Waals surface area contributed by atoms with E-state index in [4.69, 9.17) is 0 Å². The minimum atomic E-state index is 0.369. The average Bonchev–Trinajstić information content (AvgIpc) is 3.16. The molecule has 3 aromatic rings. The molecule has 6 nitrogen and oxygen atoms in total. The van der Waals surface area contributed by atoms with Crippen molar-refractivity contribution in [3.05, 3.63) is 77.4 Å². The number of nitrogens with one attached hydrogen (secondary N) is 1. The fourth-order valence-corrected chi connectivity index (χ4v) is 3.61. The lowest BCUT2D eigenvalue weighted by Crippen LogP contribution is -2.45. The number of hydrogen-bond donors (Lipinski definition) is 1. The van der Waals surface area contributed by atoms with Crippen molar-refractivity contribution < 1.29 is 0 Å². The van der Waals surface area contributed by atoms with E-state index in [-0.39, 0.29) is 0 Å². The molecule has 140 valence electrons. The summed E-state index contributed by atoms with van der Waals surface area (Å²) in [5, 5.41) is 12.2. The maximum atomic E-state index is 4.39. The number of rotatable bonds is 6. The number of hydrogen-bond acceptors (Lipinski definition) is 5. The van der Waals surface area contributed by atoms with Gasteiger partial charge in [0.05, 0.1) is 18.4 Å². The van der Waals surface area contributed by atoms with E-state index < -0.39 is 0 Å². The zero-order chi connectivity index (χ0) is 18.5. The molecule has 0 bridgehead atoms. The van der Waals surface area contributed by atoms with Gasteiger partial charge in [-0.25, -0.2) is 4.68 Å². The monoisotopic (exact) mass is 362 g/mol. The highest BCUT2D eigenvalue weighted by Gasteiger charge is 2.24. The molecule has 4 rings (SSSR count). The van der Waals surface area contributed by atoms with Gasteiger partial charge in [-0.2, -0.15) is 0 Å². The lowest BCUT2D eigenvalue weighted by molar-refractivity contribution is 0.152. The zero-order valence-electron chi connectivity index (χ0n) is 15.8. The van der Waals surface area contributed by atoms with Gasteiger partial charge in [0.1, 0.15) is 0 Å². The fraction of sp³-hybridized carbons (Fsp3) is 0.381. The third kappa shape index (κ3) is 4.40. The number of pyridine rings is 1. The highest BCUT2D eigenvalue weighted by Crippen LogP contribution is 2.24. The van der Waals surface area contributed by atoms with Gasteiger partial charge in [-0.15, -0.1) is 5.10 Å². The summed E-state index contributed by atoms with van der Waals surface area (Å²) in [5.41, 5.74) is 4.88. The maximum Gasteiger partial charge on any atom is 0.0967 e. The molecule has 1 saturated heterocycles. The number of aryl methyl sites for hydroxylation is 1. The molecule has 0 aliphatic carbocycles. The molecule has 1 aromatic carbocycles. The molecule has 0 amide bonds. The van der Waals surface area contributed by atoms with E-state index in [0.717, 1.165) is 43.9 Å². The Morgan fingerprint density at radius 2 is 2.00 bits per heavy atom. The molecule has 6 heteroatoms. The van der Waals surface area contributed by atoms with Gasteiger partial charge in [0.25, 0.3) is 0 Å². The Labute approximate surface area is 160 Å². The van der Waals surface area contributed by atoms with Crippen LogP contribution in [0.5, 0.6) is 0 Å². The Bertz CT molecular complexity index is 843. The zero-order valence-corrected chi connectivity index (χ0v) is 15.8. The molecule has 27 heavy (non-hydrogen) atoms. The van der Waals surface area contributed by atoms with Crippen molar-refractivity contribution in [1.29, 1.82) is 0 Å². The van der Waals surface area contributed by atoms with Crippen molar-refractivity contribution in [1.82, 2.24) is 30.2 Å². The van der Waals surface area contributed by atoms with E-state index in [2.05, 4.69) is 62.8 Å². The Hall–Kier alpha value is -2.57. The van der Waals surface area contributed by atoms with Crippen LogP contribution in [-0.2, 0) is 19.5 Å². The smallest absolute Gasteiger partial charge is 0.0967 e. The van der Waals surface area contributed by atoms with Gasteiger partial charge in [0.2, 0.25) is 0 Å². The van der Waals surface area contributed by atoms with Gasteiger partial charge < -0.3 is 5.32 Å². The van der Waals surface area contributed by atoms with E-state index >= 15 is 0 Å². The Balaban J connectivity index is 1.45. The normalized spacial score (nSPS) is 17.9. The van der Waals surface area contributed by atoms with Crippen LogP contribution in [0, 0.1) is 0 Å². The summed E-state index contributed by atoms with van der Waals surface area (Å²) in [5.74, 6) is 0. The van der Waals surface area contributed by atoms with Crippen LogP contribution >= 0.6 is 0 Å². The standard InChI is InChI=1S/C21H26N6/c1-2-17-5-7-19(8-6-17)21-13-23-10-11-26(21)15-20-16-27(25-24-20)14-18-4-3-9-22-12-18/h3-9,12,16,21,23H,2,10-11,13-15H2,1H3. The van der Waals surface area contributed by atoms with Crippen molar-refractivity contribution in [2.75, 3.05) is 19.6 Å². The van der Waals surface area contributed by atoms with Crippen molar-refractivity contribution in [2.24, 2.45) is 0 Å². The summed E-state index contributed by atoms with van der Waals surface area (Å²) in [6, 6.07) is 13.4. The molecular formula is C21H26N6. The predicted molar refractivity (Wildman–Crippen MR) is 105 cm³/mol. The number of piperazine rings is 1. The van der Waals surface area contributed by atoms with Crippen LogP contribution in [0.4, 0.5) is 0 Å². The van der Waals surface area contributed by atoms with E-state index in [1.165, 1.54) is 11.1 Å². The van der Waals surface area contributed by atoms with Crippen molar-refractivity contribution in [3.63, 3.8) is 0 Å². The minimum Gasteiger partial charge on any atom is -0.314 e. The Kier molecular flexibility index (Phi) is 5.55. The highest BCUT2D eigenvalue weighted by atomic mass is 15.4. The topological polar surface area (TPSA) is 58.9 Å². The molecule has 2 aromatic heterocycles. The molecule has 1 N–H and O–H groups in total. The first-order valence-electron chi connectivity index (χ1n) is 9.63. The lowest BCUT2D eigenvalue weighted by Gasteiger charge is -2.36. The maximum absolute atomic E-state index is 4.39. The third-order valence-electron chi connectivity index (χ3n) is 5.15. The van der Waals surface area contributed by atoms with Crippen molar-refractivity contribution in [3.8, 4) is 0 Å². The summed E-state index contributed by atoms with van der Waals surface area (Å²) >= 11 is 0. The molecule has 1 unspecified atom stereocenters. The van der Waals surface area contributed by atoms with E-state index in [9.17, 15) is 0 Å². The molecule has 1 aliphatic heterocycles. The molecule has 0 radical (unpaired) electrons. The molecule has 0 spiro atoms. The van der Waals surface area contributed by atoms with Crippen LogP contribution in [0.3, 0.4) is 0 Å². The Morgan fingerprint density at radius 3 is 2.78 bits per heavy atom. The summed E-state index contributed by atoms with van der Waals surface area (Å²) in [7, 11) is 0. The van der Waals surface area contributed by atoms with Crippen LogP contribution < -0.4 is 5.32 Å². The third-order valence-corrected chi connectivity index (χ3v) is 5.15. The van der Waals surface area contributed by atoms with Gasteiger partial charge in [0, 0.05) is 44.6 Å². The second-order valence-corrected chi connectivity index (χ2v) is 7.05. The summed E-state index contributed by atoms with van der Waals surface area (Å²) in [6.45, 7) is 6.69. The van der Waals surface area contributed by atoms with Crippen molar-refractivity contribution >= 4 is 0 Å². The van der Waals surface area contributed by atoms with E-state index in [1.807, 2.05) is 23.1 Å². The molecule has 0 saturated carbocycles. The van der Waals surface area contributed by atoms with Crippen LogP contribution in [0.1, 0.15) is 35.3 Å². The molecule has 1 aliphatic rings. The second kappa shape index (κ2) is 8.41. The van der Waals surface area contributed by atoms with Crippen LogP contribution in [0.15, 0.2) is 55.0 Å². The molecular weight excluding hydrogens is 336 g/mol. The van der Waals surface area contributed by atoms with Gasteiger partial charge in [-0.3, -0.25) is 9.88 Å². The summed E-state index contributed by atoms with van der Waals surface area (Å²) in [4.78, 5) is 6.66. The van der Waals surface area contributed by atoms with E-state index in [1.54, 1.807) is 6.20 Å². The quantitative estimate of drug-likeness (QED) is 0.730. The van der Waals surface area contributed by atoms with Gasteiger partial charge in [-0.1, -0.05) is 42.5 Å². The molecule has 3 heterocycles. The largest absolute Gasteiger partial charge is 0.314 e. The summed E-state index contributed by atoms with van der Waals surface area (Å²) < 4.78 is 1.89. The highest BCUT2D eigenvalue weighted by molar-refractivity contribution is 5.26. The Morgan fingerprint density at radius 1 is 1.11 bits per heavy atom. The van der Waals surface area contributed by atoms with Crippen molar-refractivity contribution in [2.45, 2.75) is 32.5 Å². The first-order valence-corrected chi connectivity index (χ1v) is 9.63. The van der Waals surface area contributed by atoms with Gasteiger partial charge in [-0.05, 0) is 29.2 Å². The average molecular weight is 362 g/mol. The summed E-state index contributed by atoms with van der Waals surface area (Å²) in [6.07, 6.45) is 6.78. The SMILES string of the molecule is CCc1ccc(C2CNCCN2Cc2cn(Cc3cccnc3)nn2)cc1. The fourth-order valence-electron chi connectivity index (χ4n) is 3.61. The molecule has 1 atom stereocenters. The number of benzene rings is 1. The van der Waals surface area contributed by atoms with Crippen LogP contribution in [0.2, 0.25) is 0 Å². The number of nitrogens with zero attached hydrogens (tertiary/aromatic N) is 5. The van der Waals surface area contributed by atoms with Gasteiger partial charge >= 0.3 is 0 Å². The number of aromatic nitrogens is 4. The second-order valence-electron chi connectivity index (χ2n) is 7.05. The van der Waals surface area contributed by atoms with Gasteiger partial charge in [0.15, 0.2) is 0 Å². The first-order chi connectivity index (χ1) is 13.3. The first kappa shape index (κ1) is 17.8. The minimum absolute atomic E-state index is 0.369.